The fourth-order valence-electron chi connectivity index (χ4n) is 4.13. The molecule has 1 aliphatic rings. The van der Waals surface area contributed by atoms with E-state index >= 15 is 0 Å². The molecule has 2 aromatic heterocycles. The van der Waals surface area contributed by atoms with Crippen molar-refractivity contribution in [3.63, 3.8) is 0 Å². The number of pyridine rings is 1. The average Bonchev–Trinajstić information content (AvgIpc) is 3.43. The number of halogens is 1. The minimum atomic E-state index is -0.354. The second kappa shape index (κ2) is 8.24. The summed E-state index contributed by atoms with van der Waals surface area (Å²) in [7, 11) is 0. The van der Waals surface area contributed by atoms with E-state index in [1.165, 1.54) is 17.0 Å². The number of hydrogen-bond donors (Lipinski definition) is 1. The first-order valence-electron chi connectivity index (χ1n) is 10.2. The lowest BCUT2D eigenvalue weighted by molar-refractivity contribution is 0.286. The van der Waals surface area contributed by atoms with Gasteiger partial charge in [0, 0.05) is 30.6 Å². The molecule has 1 fully saturated rings. The highest BCUT2D eigenvalue weighted by atomic mass is 19.1. The van der Waals surface area contributed by atoms with E-state index in [1.54, 1.807) is 18.2 Å². The number of benzene rings is 2. The van der Waals surface area contributed by atoms with Crippen LogP contribution in [0.1, 0.15) is 29.3 Å². The summed E-state index contributed by atoms with van der Waals surface area (Å²) in [6.07, 6.45) is 2.96. The summed E-state index contributed by atoms with van der Waals surface area (Å²) in [5.74, 6) is 0.286. The summed E-state index contributed by atoms with van der Waals surface area (Å²) in [6.45, 7) is 3.19. The van der Waals surface area contributed by atoms with Crippen molar-refractivity contribution in [2.75, 3.05) is 13.1 Å². The fourth-order valence-corrected chi connectivity index (χ4v) is 4.13. The van der Waals surface area contributed by atoms with Crippen molar-refractivity contribution in [1.29, 1.82) is 0 Å². The zero-order valence-corrected chi connectivity index (χ0v) is 16.6. The van der Waals surface area contributed by atoms with Crippen LogP contribution in [0.5, 0.6) is 5.75 Å². The predicted octanol–water partition coefficient (Wildman–Crippen LogP) is 4.67. The summed E-state index contributed by atoms with van der Waals surface area (Å²) in [5, 5.41) is 8.74. The normalized spacial score (nSPS) is 16.9. The molecule has 0 saturated carbocycles. The number of rotatable bonds is 6. The van der Waals surface area contributed by atoms with E-state index in [0.29, 0.717) is 5.92 Å². The number of nitrogens with one attached hydrogen (secondary N) is 1. The molecule has 0 aliphatic carbocycles. The number of fused-ring (bicyclic) bond motifs is 1. The van der Waals surface area contributed by atoms with Crippen LogP contribution >= 0.6 is 0 Å². The summed E-state index contributed by atoms with van der Waals surface area (Å²) in [5.41, 5.74) is 4.25. The molecule has 0 radical (unpaired) electrons. The van der Waals surface area contributed by atoms with Crippen LogP contribution < -0.4 is 4.74 Å². The molecular weight excluding hydrogens is 379 g/mol. The Kier molecular flexibility index (Phi) is 5.15. The van der Waals surface area contributed by atoms with Gasteiger partial charge < -0.3 is 4.74 Å². The molecular formula is C24H23FN4O. The van der Waals surface area contributed by atoms with E-state index in [0.717, 1.165) is 43.0 Å². The van der Waals surface area contributed by atoms with Crippen LogP contribution in [-0.4, -0.2) is 33.2 Å². The topological polar surface area (TPSA) is 54.0 Å². The molecule has 4 aromatic rings. The van der Waals surface area contributed by atoms with E-state index in [9.17, 15) is 4.39 Å². The largest absolute Gasteiger partial charge is 0.484 e. The van der Waals surface area contributed by atoms with Gasteiger partial charge in [0.2, 0.25) is 0 Å². The second-order valence-electron chi connectivity index (χ2n) is 7.75. The van der Waals surface area contributed by atoms with Crippen LogP contribution in [0.2, 0.25) is 0 Å². The van der Waals surface area contributed by atoms with Crippen molar-refractivity contribution in [3.05, 3.63) is 89.6 Å². The molecule has 0 amide bonds. The molecule has 1 atom stereocenters. The lowest BCUT2D eigenvalue weighted by atomic mass is 10.1. The van der Waals surface area contributed by atoms with Gasteiger partial charge in [-0.25, -0.2) is 4.39 Å². The SMILES string of the molecule is Fc1ccccc1OCc1cc(C2CCN(Cc3ccnc4ccccc34)C2)n[nH]1. The maximum atomic E-state index is 13.7. The minimum Gasteiger partial charge on any atom is -0.484 e. The highest BCUT2D eigenvalue weighted by Gasteiger charge is 2.26. The standard InChI is InChI=1S/C24H23FN4O/c25-21-6-2-4-8-24(21)30-16-19-13-23(28-27-19)18-10-12-29(15-18)14-17-9-11-26-22-7-3-1-5-20(17)22/h1-9,11,13,18H,10,12,14-16H2,(H,27,28). The van der Waals surface area contributed by atoms with Crippen LogP contribution in [-0.2, 0) is 13.2 Å². The van der Waals surface area contributed by atoms with Crippen LogP contribution in [0, 0.1) is 5.82 Å². The Morgan fingerprint density at radius 3 is 2.90 bits per heavy atom. The zero-order chi connectivity index (χ0) is 20.3. The molecule has 152 valence electrons. The number of para-hydroxylation sites is 2. The molecule has 1 N–H and O–H groups in total. The van der Waals surface area contributed by atoms with Crippen molar-refractivity contribution < 1.29 is 9.13 Å². The summed E-state index contributed by atoms with van der Waals surface area (Å²) in [4.78, 5) is 6.93. The number of likely N-dealkylation sites (tertiary alicyclic amines) is 1. The summed E-state index contributed by atoms with van der Waals surface area (Å²) in [6, 6.07) is 18.9. The molecule has 1 aliphatic heterocycles. The van der Waals surface area contributed by atoms with E-state index < -0.39 is 0 Å². The van der Waals surface area contributed by atoms with Gasteiger partial charge in [-0.2, -0.15) is 5.10 Å². The summed E-state index contributed by atoms with van der Waals surface area (Å²) < 4.78 is 19.3. The monoisotopic (exact) mass is 402 g/mol. The lowest BCUT2D eigenvalue weighted by Gasteiger charge is -2.16. The Labute approximate surface area is 174 Å². The van der Waals surface area contributed by atoms with E-state index in [1.807, 2.05) is 18.3 Å². The van der Waals surface area contributed by atoms with Crippen molar-refractivity contribution >= 4 is 10.9 Å². The molecule has 0 spiro atoms. The van der Waals surface area contributed by atoms with Gasteiger partial charge in [0.1, 0.15) is 6.61 Å². The predicted molar refractivity (Wildman–Crippen MR) is 114 cm³/mol. The van der Waals surface area contributed by atoms with Gasteiger partial charge in [0.15, 0.2) is 11.6 Å². The Bertz CT molecular complexity index is 1150. The van der Waals surface area contributed by atoms with E-state index in [2.05, 4.69) is 44.3 Å². The summed E-state index contributed by atoms with van der Waals surface area (Å²) >= 11 is 0. The zero-order valence-electron chi connectivity index (χ0n) is 16.6. The maximum Gasteiger partial charge on any atom is 0.165 e. The Hall–Kier alpha value is -3.25. The molecule has 2 aromatic carbocycles. The third-order valence-corrected chi connectivity index (χ3v) is 5.69. The van der Waals surface area contributed by atoms with Gasteiger partial charge >= 0.3 is 0 Å². The van der Waals surface area contributed by atoms with Gasteiger partial charge in [0.05, 0.1) is 16.9 Å². The van der Waals surface area contributed by atoms with Crippen LogP contribution in [0.3, 0.4) is 0 Å². The maximum absolute atomic E-state index is 13.7. The first kappa shape index (κ1) is 18.8. The van der Waals surface area contributed by atoms with Crippen LogP contribution in [0.25, 0.3) is 10.9 Å². The molecule has 6 heteroatoms. The Morgan fingerprint density at radius 2 is 1.97 bits per heavy atom. The van der Waals surface area contributed by atoms with Gasteiger partial charge in [-0.3, -0.25) is 15.0 Å². The van der Waals surface area contributed by atoms with E-state index in [4.69, 9.17) is 4.74 Å². The quantitative estimate of drug-likeness (QED) is 0.509. The highest BCUT2D eigenvalue weighted by molar-refractivity contribution is 5.81. The van der Waals surface area contributed by atoms with Gasteiger partial charge in [-0.15, -0.1) is 0 Å². The number of aromatic nitrogens is 3. The van der Waals surface area contributed by atoms with Crippen LogP contribution in [0.15, 0.2) is 66.9 Å². The second-order valence-corrected chi connectivity index (χ2v) is 7.75. The van der Waals surface area contributed by atoms with Gasteiger partial charge in [-0.05, 0) is 48.9 Å². The van der Waals surface area contributed by atoms with Gasteiger partial charge in [0.25, 0.3) is 0 Å². The Balaban J connectivity index is 1.21. The third kappa shape index (κ3) is 3.91. The number of H-pyrrole nitrogens is 1. The molecule has 5 nitrogen and oxygen atoms in total. The lowest BCUT2D eigenvalue weighted by Crippen LogP contribution is -2.20. The molecule has 30 heavy (non-hydrogen) atoms. The van der Waals surface area contributed by atoms with Gasteiger partial charge in [-0.1, -0.05) is 30.3 Å². The average molecular weight is 402 g/mol. The minimum absolute atomic E-state index is 0.255. The van der Waals surface area contributed by atoms with Crippen molar-refractivity contribution in [2.45, 2.75) is 25.5 Å². The Morgan fingerprint density at radius 1 is 1.10 bits per heavy atom. The molecule has 3 heterocycles. The highest BCUT2D eigenvalue weighted by Crippen LogP contribution is 2.29. The molecule has 1 unspecified atom stereocenters. The fraction of sp³-hybridized carbons (Fsp3) is 0.250. The van der Waals surface area contributed by atoms with Crippen molar-refractivity contribution in [2.24, 2.45) is 0 Å². The van der Waals surface area contributed by atoms with Crippen molar-refractivity contribution in [3.8, 4) is 5.75 Å². The number of ether oxygens (including phenoxy) is 1. The van der Waals surface area contributed by atoms with E-state index in [-0.39, 0.29) is 18.2 Å². The smallest absolute Gasteiger partial charge is 0.165 e. The number of hydrogen-bond acceptors (Lipinski definition) is 4. The first-order chi connectivity index (χ1) is 14.8. The van der Waals surface area contributed by atoms with Crippen LogP contribution in [0.4, 0.5) is 4.39 Å². The number of aromatic amines is 1. The first-order valence-corrected chi connectivity index (χ1v) is 10.2. The number of nitrogens with zero attached hydrogens (tertiary/aromatic N) is 3. The molecule has 0 bridgehead atoms. The third-order valence-electron chi connectivity index (χ3n) is 5.69. The molecule has 5 rings (SSSR count). The molecule has 1 saturated heterocycles. The van der Waals surface area contributed by atoms with Crippen molar-refractivity contribution in [1.82, 2.24) is 20.1 Å².